The molecule has 0 spiro atoms. The number of aromatic hydroxyl groups is 1. The fourth-order valence-corrected chi connectivity index (χ4v) is 2.82. The van der Waals surface area contributed by atoms with Crippen molar-refractivity contribution in [2.45, 2.75) is 13.5 Å². The van der Waals surface area contributed by atoms with Gasteiger partial charge in [0.1, 0.15) is 12.1 Å². The molecule has 0 saturated heterocycles. The highest BCUT2D eigenvalue weighted by Crippen LogP contribution is 2.38. The lowest BCUT2D eigenvalue weighted by molar-refractivity contribution is 0.393. The molecule has 0 amide bonds. The standard InChI is InChI=1S/C16H12Cl2N2O2/c1-4-6-10-8-11(17)13(12(18)9-10)14-15(21)19(3)20(7-5-2)16(14)22/h2,8-9,21H,7H2,1,3H3. The zero-order chi connectivity index (χ0) is 16.4. The third-order valence-corrected chi connectivity index (χ3v) is 3.74. The summed E-state index contributed by atoms with van der Waals surface area (Å²) in [7, 11) is 1.52. The normalized spacial score (nSPS) is 9.95. The summed E-state index contributed by atoms with van der Waals surface area (Å²) in [6.45, 7) is 1.72. The SMILES string of the molecule is C#CCn1c(=O)c(-c2c(Cl)cc(C#CC)cc2Cl)c(O)n1C. The van der Waals surface area contributed by atoms with E-state index in [2.05, 4.69) is 17.8 Å². The van der Waals surface area contributed by atoms with Crippen molar-refractivity contribution in [3.8, 4) is 41.2 Å². The Balaban J connectivity index is 2.78. The summed E-state index contributed by atoms with van der Waals surface area (Å²) in [4.78, 5) is 12.5. The van der Waals surface area contributed by atoms with Crippen LogP contribution in [0.1, 0.15) is 12.5 Å². The molecule has 0 bridgehead atoms. The van der Waals surface area contributed by atoms with Gasteiger partial charge in [-0.15, -0.1) is 12.3 Å². The van der Waals surface area contributed by atoms with Crippen molar-refractivity contribution >= 4 is 23.2 Å². The summed E-state index contributed by atoms with van der Waals surface area (Å²) in [6.07, 6.45) is 5.24. The fourth-order valence-electron chi connectivity index (χ4n) is 2.15. The highest BCUT2D eigenvalue weighted by atomic mass is 35.5. The zero-order valence-corrected chi connectivity index (χ0v) is 13.5. The lowest BCUT2D eigenvalue weighted by atomic mass is 10.1. The molecule has 1 N–H and O–H groups in total. The summed E-state index contributed by atoms with van der Waals surface area (Å²) in [5, 5.41) is 10.7. The van der Waals surface area contributed by atoms with Crippen LogP contribution in [0.4, 0.5) is 0 Å². The van der Waals surface area contributed by atoms with Crippen LogP contribution in [-0.4, -0.2) is 14.5 Å². The van der Waals surface area contributed by atoms with Gasteiger partial charge in [0.2, 0.25) is 5.88 Å². The van der Waals surface area contributed by atoms with E-state index < -0.39 is 5.56 Å². The number of halogens is 2. The van der Waals surface area contributed by atoms with Crippen LogP contribution in [0.15, 0.2) is 16.9 Å². The van der Waals surface area contributed by atoms with Crippen LogP contribution in [0.5, 0.6) is 5.88 Å². The maximum absolute atomic E-state index is 12.5. The van der Waals surface area contributed by atoms with E-state index in [4.69, 9.17) is 29.6 Å². The lowest BCUT2D eigenvalue weighted by Crippen LogP contribution is -2.21. The third-order valence-electron chi connectivity index (χ3n) is 3.14. The van der Waals surface area contributed by atoms with E-state index in [9.17, 15) is 9.90 Å². The highest BCUT2D eigenvalue weighted by Gasteiger charge is 2.23. The van der Waals surface area contributed by atoms with E-state index in [-0.39, 0.29) is 33.6 Å². The van der Waals surface area contributed by atoms with Crippen LogP contribution in [0.2, 0.25) is 10.0 Å². The topological polar surface area (TPSA) is 47.2 Å². The molecule has 6 heteroatoms. The van der Waals surface area contributed by atoms with Crippen LogP contribution in [0, 0.1) is 24.2 Å². The second kappa shape index (κ2) is 6.23. The second-order valence-electron chi connectivity index (χ2n) is 4.48. The lowest BCUT2D eigenvalue weighted by Gasteiger charge is -2.06. The Labute approximate surface area is 137 Å². The van der Waals surface area contributed by atoms with Crippen molar-refractivity contribution < 1.29 is 5.11 Å². The van der Waals surface area contributed by atoms with Gasteiger partial charge in [0, 0.05) is 18.2 Å². The zero-order valence-electron chi connectivity index (χ0n) is 11.9. The van der Waals surface area contributed by atoms with Gasteiger partial charge in [-0.3, -0.25) is 9.48 Å². The fraction of sp³-hybridized carbons (Fsp3) is 0.188. The second-order valence-corrected chi connectivity index (χ2v) is 5.29. The maximum atomic E-state index is 12.5. The smallest absolute Gasteiger partial charge is 0.279 e. The van der Waals surface area contributed by atoms with Crippen molar-refractivity contribution in [1.29, 1.82) is 0 Å². The predicted molar refractivity (Wildman–Crippen MR) is 88.2 cm³/mol. The van der Waals surface area contributed by atoms with Gasteiger partial charge in [-0.25, -0.2) is 4.68 Å². The van der Waals surface area contributed by atoms with E-state index >= 15 is 0 Å². The monoisotopic (exact) mass is 334 g/mol. The number of benzene rings is 1. The van der Waals surface area contributed by atoms with Crippen LogP contribution in [-0.2, 0) is 13.6 Å². The van der Waals surface area contributed by atoms with Gasteiger partial charge in [0.25, 0.3) is 5.56 Å². The summed E-state index contributed by atoms with van der Waals surface area (Å²) >= 11 is 12.5. The van der Waals surface area contributed by atoms with E-state index in [1.54, 1.807) is 19.1 Å². The molecule has 0 radical (unpaired) electrons. The van der Waals surface area contributed by atoms with Gasteiger partial charge in [-0.2, -0.15) is 0 Å². The number of nitrogens with zero attached hydrogens (tertiary/aromatic N) is 2. The van der Waals surface area contributed by atoms with Gasteiger partial charge < -0.3 is 5.11 Å². The molecule has 1 heterocycles. The van der Waals surface area contributed by atoms with E-state index in [1.165, 1.54) is 16.4 Å². The summed E-state index contributed by atoms with van der Waals surface area (Å²) < 4.78 is 2.49. The van der Waals surface area contributed by atoms with Crippen LogP contribution < -0.4 is 5.56 Å². The van der Waals surface area contributed by atoms with Crippen LogP contribution in [0.25, 0.3) is 11.1 Å². The van der Waals surface area contributed by atoms with Crippen LogP contribution >= 0.6 is 23.2 Å². The molecule has 2 rings (SSSR count). The van der Waals surface area contributed by atoms with Gasteiger partial charge in [0.15, 0.2) is 0 Å². The molecule has 1 aromatic heterocycles. The van der Waals surface area contributed by atoms with Gasteiger partial charge in [-0.1, -0.05) is 35.0 Å². The minimum Gasteiger partial charge on any atom is -0.493 e. The highest BCUT2D eigenvalue weighted by molar-refractivity contribution is 6.39. The number of aromatic nitrogens is 2. The molecule has 0 fully saturated rings. The van der Waals surface area contributed by atoms with Crippen molar-refractivity contribution in [2.75, 3.05) is 0 Å². The predicted octanol–water partition coefficient (Wildman–Crippen LogP) is 2.87. The molecule has 2 aromatic rings. The van der Waals surface area contributed by atoms with Crippen molar-refractivity contribution in [3.63, 3.8) is 0 Å². The van der Waals surface area contributed by atoms with Gasteiger partial charge >= 0.3 is 0 Å². The molecule has 112 valence electrons. The number of hydrogen-bond donors (Lipinski definition) is 1. The molecule has 4 nitrogen and oxygen atoms in total. The number of rotatable bonds is 2. The number of terminal acetylenes is 1. The average molecular weight is 335 g/mol. The van der Waals surface area contributed by atoms with Crippen molar-refractivity contribution in [3.05, 3.63) is 38.1 Å². The van der Waals surface area contributed by atoms with E-state index in [0.717, 1.165) is 0 Å². The van der Waals surface area contributed by atoms with Gasteiger partial charge in [-0.05, 0) is 19.1 Å². The Bertz CT molecular complexity index is 882. The van der Waals surface area contributed by atoms with Gasteiger partial charge in [0.05, 0.1) is 10.0 Å². The Kier molecular flexibility index (Phi) is 4.56. The minimum atomic E-state index is -0.462. The Morgan fingerprint density at radius 1 is 1.27 bits per heavy atom. The summed E-state index contributed by atoms with van der Waals surface area (Å²) in [5.74, 6) is 7.69. The molecule has 0 aliphatic heterocycles. The quantitative estimate of drug-likeness (QED) is 0.858. The molecular weight excluding hydrogens is 323 g/mol. The Morgan fingerprint density at radius 2 is 1.86 bits per heavy atom. The first-order chi connectivity index (χ1) is 10.4. The average Bonchev–Trinajstić information content (AvgIpc) is 2.65. The molecule has 0 saturated carbocycles. The van der Waals surface area contributed by atoms with Crippen LogP contribution in [0.3, 0.4) is 0 Å². The maximum Gasteiger partial charge on any atom is 0.279 e. The molecule has 1 aromatic carbocycles. The molecule has 0 aliphatic rings. The molecule has 0 atom stereocenters. The molecule has 0 aliphatic carbocycles. The first kappa shape index (κ1) is 16.1. The van der Waals surface area contributed by atoms with Crippen molar-refractivity contribution in [2.24, 2.45) is 7.05 Å². The molecule has 0 unspecified atom stereocenters. The minimum absolute atomic E-state index is 0.0174. The van der Waals surface area contributed by atoms with E-state index in [0.29, 0.717) is 5.56 Å². The first-order valence-electron chi connectivity index (χ1n) is 6.26. The van der Waals surface area contributed by atoms with E-state index in [1.807, 2.05) is 0 Å². The third kappa shape index (κ3) is 2.60. The molecule has 22 heavy (non-hydrogen) atoms. The largest absolute Gasteiger partial charge is 0.493 e. The Hall–Kier alpha value is -2.27. The summed E-state index contributed by atoms with van der Waals surface area (Å²) in [6, 6.07) is 3.19. The Morgan fingerprint density at radius 3 is 2.36 bits per heavy atom. The first-order valence-corrected chi connectivity index (χ1v) is 7.02. The summed E-state index contributed by atoms with van der Waals surface area (Å²) in [5.41, 5.74) is 0.444. The molecular formula is C16H12Cl2N2O2. The number of hydrogen-bond acceptors (Lipinski definition) is 2. The van der Waals surface area contributed by atoms with Crippen molar-refractivity contribution in [1.82, 2.24) is 9.36 Å².